The molecule has 0 saturated heterocycles. The van der Waals surface area contributed by atoms with Gasteiger partial charge in [-0.1, -0.05) is 176 Å². The van der Waals surface area contributed by atoms with Crippen molar-refractivity contribution in [2.24, 2.45) is 0 Å². The second-order valence-corrected chi connectivity index (χ2v) is 14.2. The predicted octanol–water partition coefficient (Wildman–Crippen LogP) is 13.7. The van der Waals surface area contributed by atoms with E-state index >= 15 is 0 Å². The summed E-state index contributed by atoms with van der Waals surface area (Å²) in [6, 6.07) is 71.5. The molecule has 0 spiro atoms. The molecular weight excluding hydrogens is 667 g/mol. The number of hydrogen-bond donors (Lipinski definition) is 0. The molecule has 11 aromatic rings. The molecule has 256 valence electrons. The van der Waals surface area contributed by atoms with Crippen molar-refractivity contribution in [2.75, 3.05) is 0 Å². The molecule has 55 heavy (non-hydrogen) atoms. The number of aromatic nitrogens is 3. The lowest BCUT2D eigenvalue weighted by atomic mass is 9.92. The third kappa shape index (κ3) is 5.20. The van der Waals surface area contributed by atoms with Crippen LogP contribution in [0.15, 0.2) is 200 Å². The highest BCUT2D eigenvalue weighted by atomic mass is 15.2. The summed E-state index contributed by atoms with van der Waals surface area (Å²) < 4.78 is 2.21. The Morgan fingerprint density at radius 1 is 0.255 bits per heavy atom. The smallest absolute Gasteiger partial charge is 0.235 e. The second kappa shape index (κ2) is 12.6. The Balaban J connectivity index is 1.09. The van der Waals surface area contributed by atoms with Crippen molar-refractivity contribution >= 4 is 54.1 Å². The van der Waals surface area contributed by atoms with Crippen LogP contribution in [0.3, 0.4) is 0 Å². The van der Waals surface area contributed by atoms with Gasteiger partial charge < -0.3 is 0 Å². The molecule has 3 nitrogen and oxygen atoms in total. The molecule has 0 fully saturated rings. The van der Waals surface area contributed by atoms with Gasteiger partial charge in [0, 0.05) is 21.9 Å². The first-order valence-electron chi connectivity index (χ1n) is 18.7. The maximum atomic E-state index is 5.37. The van der Waals surface area contributed by atoms with Gasteiger partial charge in [0.05, 0.1) is 22.4 Å². The van der Waals surface area contributed by atoms with E-state index in [1.54, 1.807) is 0 Å². The van der Waals surface area contributed by atoms with Crippen molar-refractivity contribution in [3.05, 3.63) is 200 Å². The third-order valence-electron chi connectivity index (χ3n) is 11.0. The first-order chi connectivity index (χ1) is 27.3. The van der Waals surface area contributed by atoms with Crippen molar-refractivity contribution in [1.82, 2.24) is 14.5 Å². The van der Waals surface area contributed by atoms with E-state index in [0.29, 0.717) is 5.95 Å². The van der Waals surface area contributed by atoms with Crippen LogP contribution in [0.2, 0.25) is 0 Å². The fourth-order valence-corrected chi connectivity index (χ4v) is 8.35. The molecule has 0 N–H and O–H groups in total. The van der Waals surface area contributed by atoms with Gasteiger partial charge in [0.2, 0.25) is 5.95 Å². The Morgan fingerprint density at radius 2 is 0.618 bits per heavy atom. The van der Waals surface area contributed by atoms with Gasteiger partial charge in [0.25, 0.3) is 0 Å². The standard InChI is InChI=1S/C52H33N3/c1-2-12-34(13-3-1)35-22-24-36(25-23-35)37-26-28-38(29-27-37)48-33-49(54-52(53-48)55-50-20-10-8-18-45(50)46-19-9-11-21-51(46)55)39-30-31-44-42-16-5-4-14-40(42)41-15-6-7-17-43(41)47(44)32-39/h1-33H. The zero-order chi connectivity index (χ0) is 36.3. The van der Waals surface area contributed by atoms with E-state index in [-0.39, 0.29) is 0 Å². The lowest BCUT2D eigenvalue weighted by Gasteiger charge is -2.14. The minimum absolute atomic E-state index is 0.647. The van der Waals surface area contributed by atoms with Crippen molar-refractivity contribution in [3.8, 4) is 50.7 Å². The van der Waals surface area contributed by atoms with Gasteiger partial charge in [-0.2, -0.15) is 0 Å². The number of hydrogen-bond acceptors (Lipinski definition) is 2. The Kier molecular flexibility index (Phi) is 7.17. The highest BCUT2D eigenvalue weighted by Crippen LogP contribution is 2.38. The van der Waals surface area contributed by atoms with Crippen molar-refractivity contribution in [2.45, 2.75) is 0 Å². The van der Waals surface area contributed by atoms with Crippen molar-refractivity contribution < 1.29 is 0 Å². The Bertz CT molecular complexity index is 3140. The van der Waals surface area contributed by atoms with Gasteiger partial charge >= 0.3 is 0 Å². The van der Waals surface area contributed by atoms with Crippen LogP contribution in [-0.2, 0) is 0 Å². The number of nitrogens with zero attached hydrogens (tertiary/aromatic N) is 3. The quantitative estimate of drug-likeness (QED) is 0.167. The van der Waals surface area contributed by atoms with E-state index in [1.807, 2.05) is 0 Å². The van der Waals surface area contributed by atoms with Crippen LogP contribution in [0.4, 0.5) is 0 Å². The molecule has 11 rings (SSSR count). The molecule has 0 unspecified atom stereocenters. The third-order valence-corrected chi connectivity index (χ3v) is 11.0. The van der Waals surface area contributed by atoms with E-state index in [2.05, 4.69) is 205 Å². The Morgan fingerprint density at radius 3 is 1.15 bits per heavy atom. The number of para-hydroxylation sites is 2. The zero-order valence-electron chi connectivity index (χ0n) is 29.9. The highest BCUT2D eigenvalue weighted by molar-refractivity contribution is 6.25. The Labute approximate surface area is 318 Å². The monoisotopic (exact) mass is 699 g/mol. The fourth-order valence-electron chi connectivity index (χ4n) is 8.35. The van der Waals surface area contributed by atoms with Crippen LogP contribution >= 0.6 is 0 Å². The second-order valence-electron chi connectivity index (χ2n) is 14.2. The van der Waals surface area contributed by atoms with E-state index in [0.717, 1.165) is 39.1 Å². The molecule has 0 aliphatic carbocycles. The van der Waals surface area contributed by atoms with E-state index < -0.39 is 0 Å². The lowest BCUT2D eigenvalue weighted by Crippen LogP contribution is -2.04. The molecule has 0 amide bonds. The summed E-state index contributed by atoms with van der Waals surface area (Å²) in [5, 5.41) is 9.84. The number of fused-ring (bicyclic) bond motifs is 9. The van der Waals surface area contributed by atoms with Gasteiger partial charge in [0.1, 0.15) is 0 Å². The largest absolute Gasteiger partial charge is 0.278 e. The average molecular weight is 700 g/mol. The summed E-state index contributed by atoms with van der Waals surface area (Å²) in [5.74, 6) is 0.647. The molecule has 0 radical (unpaired) electrons. The highest BCUT2D eigenvalue weighted by Gasteiger charge is 2.18. The topological polar surface area (TPSA) is 30.7 Å². The average Bonchev–Trinajstić information content (AvgIpc) is 3.61. The van der Waals surface area contributed by atoms with Crippen LogP contribution in [0, 0.1) is 0 Å². The van der Waals surface area contributed by atoms with Crippen LogP contribution in [0.5, 0.6) is 0 Å². The maximum Gasteiger partial charge on any atom is 0.235 e. The number of benzene rings is 9. The molecule has 0 aliphatic heterocycles. The summed E-state index contributed by atoms with van der Waals surface area (Å²) in [4.78, 5) is 10.7. The van der Waals surface area contributed by atoms with Crippen molar-refractivity contribution in [1.29, 1.82) is 0 Å². The molecular formula is C52H33N3. The zero-order valence-corrected chi connectivity index (χ0v) is 29.9. The normalized spacial score (nSPS) is 11.6. The fraction of sp³-hybridized carbons (Fsp3) is 0. The minimum Gasteiger partial charge on any atom is -0.278 e. The molecule has 0 saturated carbocycles. The molecule has 0 aliphatic rings. The molecule has 2 aromatic heterocycles. The molecule has 0 atom stereocenters. The molecule has 3 heteroatoms. The van der Waals surface area contributed by atoms with Gasteiger partial charge in [-0.05, 0) is 78.8 Å². The van der Waals surface area contributed by atoms with E-state index in [4.69, 9.17) is 9.97 Å². The van der Waals surface area contributed by atoms with E-state index in [1.165, 1.54) is 59.8 Å². The summed E-state index contributed by atoms with van der Waals surface area (Å²) >= 11 is 0. The van der Waals surface area contributed by atoms with Crippen molar-refractivity contribution in [3.63, 3.8) is 0 Å². The first kappa shape index (κ1) is 31.2. The Hall–Kier alpha value is -7.36. The summed E-state index contributed by atoms with van der Waals surface area (Å²) in [5.41, 5.74) is 10.8. The molecule has 9 aromatic carbocycles. The summed E-state index contributed by atoms with van der Waals surface area (Å²) in [7, 11) is 0. The van der Waals surface area contributed by atoms with E-state index in [9.17, 15) is 0 Å². The van der Waals surface area contributed by atoms with Gasteiger partial charge in [-0.3, -0.25) is 4.57 Å². The van der Waals surface area contributed by atoms with Crippen LogP contribution in [0.1, 0.15) is 0 Å². The lowest BCUT2D eigenvalue weighted by molar-refractivity contribution is 0.996. The summed E-state index contributed by atoms with van der Waals surface area (Å²) in [6.07, 6.45) is 0. The van der Waals surface area contributed by atoms with Gasteiger partial charge in [-0.15, -0.1) is 0 Å². The maximum absolute atomic E-state index is 5.37. The molecule has 0 bridgehead atoms. The van der Waals surface area contributed by atoms with Crippen LogP contribution < -0.4 is 0 Å². The van der Waals surface area contributed by atoms with Crippen LogP contribution in [-0.4, -0.2) is 14.5 Å². The molecule has 2 heterocycles. The SMILES string of the molecule is c1ccc(-c2ccc(-c3ccc(-c4cc(-c5ccc6c7ccccc7c7ccccc7c6c5)nc(-n5c6ccccc6c6ccccc65)n4)cc3)cc2)cc1. The summed E-state index contributed by atoms with van der Waals surface area (Å²) in [6.45, 7) is 0. The number of rotatable bonds is 5. The predicted molar refractivity (Wildman–Crippen MR) is 231 cm³/mol. The first-order valence-corrected chi connectivity index (χ1v) is 18.7. The van der Waals surface area contributed by atoms with Gasteiger partial charge in [-0.25, -0.2) is 9.97 Å². The van der Waals surface area contributed by atoms with Gasteiger partial charge in [0.15, 0.2) is 0 Å². The minimum atomic E-state index is 0.647. The van der Waals surface area contributed by atoms with Crippen LogP contribution in [0.25, 0.3) is 105 Å².